The summed E-state index contributed by atoms with van der Waals surface area (Å²) < 4.78 is 1.71. The maximum Gasteiger partial charge on any atom is 0.227 e. The van der Waals surface area contributed by atoms with Crippen LogP contribution >= 0.6 is 0 Å². The molecule has 6 nitrogen and oxygen atoms in total. The molecule has 21 heavy (non-hydrogen) atoms. The minimum atomic E-state index is -0.424. The summed E-state index contributed by atoms with van der Waals surface area (Å²) >= 11 is 0. The average Bonchev–Trinajstić information content (AvgIpc) is 2.49. The zero-order valence-electron chi connectivity index (χ0n) is 11.3. The predicted octanol–water partition coefficient (Wildman–Crippen LogP) is 1.54. The Bertz CT molecular complexity index is 669. The fraction of sp³-hybridized carbons (Fsp3) is 0.133. The molecule has 0 N–H and O–H groups in total. The Balaban J connectivity index is 2.15. The smallest absolute Gasteiger partial charge is 0.227 e. The molecule has 0 saturated heterocycles. The summed E-state index contributed by atoms with van der Waals surface area (Å²) in [5.41, 5.74) is 1.27. The van der Waals surface area contributed by atoms with Gasteiger partial charge in [-0.15, -0.1) is 0 Å². The van der Waals surface area contributed by atoms with Gasteiger partial charge in [0.25, 0.3) is 0 Å². The van der Waals surface area contributed by atoms with Crippen molar-refractivity contribution < 1.29 is 14.3 Å². The average molecular weight is 284 g/mol. The van der Waals surface area contributed by atoms with Gasteiger partial charge in [-0.3, -0.25) is 19.9 Å². The minimum Gasteiger partial charge on any atom is -0.287 e. The third-order valence-corrected chi connectivity index (χ3v) is 2.82. The fourth-order valence-electron chi connectivity index (χ4n) is 1.81. The molecule has 0 aliphatic carbocycles. The summed E-state index contributed by atoms with van der Waals surface area (Å²) in [6.07, 6.45) is 7.83. The predicted molar refractivity (Wildman–Crippen MR) is 76.1 cm³/mol. The van der Waals surface area contributed by atoms with Gasteiger partial charge in [-0.05, 0) is 6.08 Å². The summed E-state index contributed by atoms with van der Waals surface area (Å²) in [5, 5.41) is 10.3. The molecule has 1 aromatic carbocycles. The highest BCUT2D eigenvalue weighted by molar-refractivity contribution is 5.94. The Morgan fingerprint density at radius 3 is 2.81 bits per heavy atom. The van der Waals surface area contributed by atoms with Crippen molar-refractivity contribution in [2.45, 2.75) is 6.54 Å². The van der Waals surface area contributed by atoms with Gasteiger partial charge in [0.15, 0.2) is 6.20 Å². The van der Waals surface area contributed by atoms with Crippen LogP contribution in [-0.2, 0) is 6.54 Å². The number of aromatic nitrogens is 2. The third kappa shape index (κ3) is 4.31. The molecule has 0 atom stereocenters. The maximum absolute atomic E-state index is 12.2. The molecular formula is C15H14N3O3+. The van der Waals surface area contributed by atoms with Crippen LogP contribution in [0.4, 0.5) is 0 Å². The van der Waals surface area contributed by atoms with Crippen molar-refractivity contribution in [3.8, 4) is 0 Å². The van der Waals surface area contributed by atoms with E-state index in [2.05, 4.69) is 4.98 Å². The highest BCUT2D eigenvalue weighted by Gasteiger charge is 2.14. The van der Waals surface area contributed by atoms with E-state index in [9.17, 15) is 14.9 Å². The van der Waals surface area contributed by atoms with Gasteiger partial charge < -0.3 is 0 Å². The van der Waals surface area contributed by atoms with Gasteiger partial charge in [0, 0.05) is 16.6 Å². The van der Waals surface area contributed by atoms with Crippen LogP contribution in [0.1, 0.15) is 16.1 Å². The summed E-state index contributed by atoms with van der Waals surface area (Å²) in [6.45, 7) is -0.105. The van der Waals surface area contributed by atoms with Gasteiger partial charge in [-0.25, -0.2) is 0 Å². The van der Waals surface area contributed by atoms with Crippen molar-refractivity contribution in [3.63, 3.8) is 0 Å². The molecular weight excluding hydrogens is 270 g/mol. The zero-order valence-corrected chi connectivity index (χ0v) is 11.3. The van der Waals surface area contributed by atoms with Crippen LogP contribution in [0.3, 0.4) is 0 Å². The van der Waals surface area contributed by atoms with Crippen LogP contribution in [0.25, 0.3) is 6.08 Å². The Kier molecular flexibility index (Phi) is 4.87. The summed E-state index contributed by atoms with van der Waals surface area (Å²) in [4.78, 5) is 26.0. The van der Waals surface area contributed by atoms with Crippen molar-refractivity contribution in [1.29, 1.82) is 0 Å². The number of nitro groups is 1. The van der Waals surface area contributed by atoms with Crippen molar-refractivity contribution in [3.05, 3.63) is 76.4 Å². The molecule has 0 spiro atoms. The van der Waals surface area contributed by atoms with Gasteiger partial charge in [0.05, 0.1) is 12.4 Å². The number of hydrogen-bond acceptors (Lipinski definition) is 4. The normalized spacial score (nSPS) is 10.7. The van der Waals surface area contributed by atoms with E-state index in [4.69, 9.17) is 0 Å². The van der Waals surface area contributed by atoms with Crippen LogP contribution in [0, 0.1) is 10.1 Å². The number of carbonyl (C=O) groups excluding carboxylic acids is 1. The quantitative estimate of drug-likeness (QED) is 0.349. The standard InChI is InChI=1S/C15H14N3O3/c19-15(13-5-2-1-3-6-13)12-17-10-8-16-11-14(17)7-4-9-18(20)21/h1-8,10-11H,9,12H2/q+1. The molecule has 0 aliphatic rings. The van der Waals surface area contributed by atoms with Gasteiger partial charge >= 0.3 is 0 Å². The van der Waals surface area contributed by atoms with Gasteiger partial charge in [0.1, 0.15) is 0 Å². The van der Waals surface area contributed by atoms with Crippen LogP contribution < -0.4 is 4.57 Å². The molecule has 2 aromatic rings. The van der Waals surface area contributed by atoms with Crippen LogP contribution in [0.2, 0.25) is 0 Å². The van der Waals surface area contributed by atoms with Crippen molar-refractivity contribution in [2.75, 3.05) is 6.54 Å². The van der Waals surface area contributed by atoms with Crippen molar-refractivity contribution in [1.82, 2.24) is 4.98 Å². The topological polar surface area (TPSA) is 77.0 Å². The highest BCUT2D eigenvalue weighted by atomic mass is 16.6. The first-order valence-electron chi connectivity index (χ1n) is 6.37. The molecule has 0 aliphatic heterocycles. The van der Waals surface area contributed by atoms with E-state index < -0.39 is 4.92 Å². The molecule has 106 valence electrons. The molecule has 0 bridgehead atoms. The Labute approximate surface area is 121 Å². The maximum atomic E-state index is 12.2. The summed E-state index contributed by atoms with van der Waals surface area (Å²) in [5.74, 6) is -0.0317. The first-order valence-corrected chi connectivity index (χ1v) is 6.37. The monoisotopic (exact) mass is 284 g/mol. The fourth-order valence-corrected chi connectivity index (χ4v) is 1.81. The van der Waals surface area contributed by atoms with Crippen LogP contribution in [0.15, 0.2) is 55.0 Å². The lowest BCUT2D eigenvalue weighted by Crippen LogP contribution is -2.40. The highest BCUT2D eigenvalue weighted by Crippen LogP contribution is 2.01. The number of nitrogens with zero attached hydrogens (tertiary/aromatic N) is 3. The number of Topliss-reactive ketones (excluding diaryl/α,β-unsaturated/α-hetero) is 1. The Morgan fingerprint density at radius 1 is 1.33 bits per heavy atom. The van der Waals surface area contributed by atoms with Crippen molar-refractivity contribution in [2.24, 2.45) is 0 Å². The second-order valence-electron chi connectivity index (χ2n) is 4.34. The SMILES string of the molecule is O=C(C[n+]1ccncc1C=CC[N+](=O)[O-])c1ccccc1. The molecule has 0 amide bonds. The first-order chi connectivity index (χ1) is 10.2. The lowest BCUT2D eigenvalue weighted by Gasteiger charge is -2.00. The molecule has 0 saturated carbocycles. The number of benzene rings is 1. The van der Waals surface area contributed by atoms with Gasteiger partial charge in [-0.2, -0.15) is 4.57 Å². The lowest BCUT2D eigenvalue weighted by molar-refractivity contribution is -0.685. The molecule has 0 radical (unpaired) electrons. The zero-order chi connectivity index (χ0) is 15.1. The Hall–Kier alpha value is -2.89. The number of hydrogen-bond donors (Lipinski definition) is 0. The molecule has 2 rings (SSSR count). The van der Waals surface area contributed by atoms with Crippen molar-refractivity contribution >= 4 is 11.9 Å². The van der Waals surface area contributed by atoms with E-state index in [1.807, 2.05) is 18.2 Å². The van der Waals surface area contributed by atoms with E-state index in [1.165, 1.54) is 6.08 Å². The van der Waals surface area contributed by atoms with E-state index in [0.29, 0.717) is 11.3 Å². The molecule has 6 heteroatoms. The van der Waals surface area contributed by atoms with E-state index in [0.717, 1.165) is 0 Å². The largest absolute Gasteiger partial charge is 0.287 e. The number of ketones is 1. The number of carbonyl (C=O) groups is 1. The summed E-state index contributed by atoms with van der Waals surface area (Å²) in [7, 11) is 0. The summed E-state index contributed by atoms with van der Waals surface area (Å²) in [6, 6.07) is 8.98. The second-order valence-corrected chi connectivity index (χ2v) is 4.34. The molecule has 1 aromatic heterocycles. The van der Waals surface area contributed by atoms with E-state index in [1.54, 1.807) is 41.4 Å². The minimum absolute atomic E-state index is 0.0317. The van der Waals surface area contributed by atoms with Gasteiger partial charge in [-0.1, -0.05) is 30.3 Å². The van der Waals surface area contributed by atoms with Crippen LogP contribution in [0.5, 0.6) is 0 Å². The van der Waals surface area contributed by atoms with E-state index in [-0.39, 0.29) is 18.9 Å². The Morgan fingerprint density at radius 2 is 2.10 bits per heavy atom. The van der Waals surface area contributed by atoms with Crippen LogP contribution in [-0.4, -0.2) is 22.2 Å². The first kappa shape index (κ1) is 14.5. The lowest BCUT2D eigenvalue weighted by atomic mass is 10.1. The molecule has 0 unspecified atom stereocenters. The molecule has 0 fully saturated rings. The second kappa shape index (κ2) is 7.04. The molecule has 1 heterocycles. The number of rotatable bonds is 6. The van der Waals surface area contributed by atoms with E-state index >= 15 is 0 Å². The van der Waals surface area contributed by atoms with Gasteiger partial charge in [0.2, 0.25) is 24.6 Å². The third-order valence-electron chi connectivity index (χ3n) is 2.82.